The summed E-state index contributed by atoms with van der Waals surface area (Å²) >= 11 is 0. The van der Waals surface area contributed by atoms with Gasteiger partial charge >= 0.3 is 0 Å². The van der Waals surface area contributed by atoms with E-state index in [9.17, 15) is 4.79 Å². The number of nitrogens with one attached hydrogen (secondary N) is 1. The molecule has 1 aliphatic heterocycles. The van der Waals surface area contributed by atoms with Crippen LogP contribution < -0.4 is 5.73 Å². The number of aromatic nitrogens is 3. The molecule has 4 heterocycles. The fraction of sp³-hybridized carbons (Fsp3) is 0.276. The second-order valence-corrected chi connectivity index (χ2v) is 9.96. The molecule has 0 bridgehead atoms. The first-order valence-corrected chi connectivity index (χ1v) is 12.0. The van der Waals surface area contributed by atoms with Crippen molar-refractivity contribution in [3.05, 3.63) is 90.1 Å². The average Bonchev–Trinajstić information content (AvgIpc) is 3.30. The Kier molecular flexibility index (Phi) is 5.99. The Morgan fingerprint density at radius 3 is 2.66 bits per heavy atom. The predicted molar refractivity (Wildman–Crippen MR) is 141 cm³/mol. The zero-order valence-electron chi connectivity index (χ0n) is 20.5. The topological polar surface area (TPSA) is 87.9 Å². The van der Waals surface area contributed by atoms with Crippen molar-refractivity contribution in [1.29, 1.82) is 0 Å². The number of hydrogen-bond donors (Lipinski definition) is 2. The van der Waals surface area contributed by atoms with Crippen LogP contribution in [0.15, 0.2) is 73.3 Å². The van der Waals surface area contributed by atoms with Crippen LogP contribution in [0.25, 0.3) is 27.7 Å². The van der Waals surface area contributed by atoms with Crippen LogP contribution >= 0.6 is 0 Å². The molecule has 1 aromatic carbocycles. The van der Waals surface area contributed by atoms with Gasteiger partial charge < -0.3 is 15.6 Å². The van der Waals surface area contributed by atoms with Crippen molar-refractivity contribution >= 4 is 22.5 Å². The maximum absolute atomic E-state index is 12.6. The SMILES string of the molecule is CN1C=C(c2cc(-c3cnc4[nH]ccc4c3)ccn2)C(c2ccc(C(C)(C)CN)cc2)CCC1=O. The molecule has 6 nitrogen and oxygen atoms in total. The van der Waals surface area contributed by atoms with Crippen molar-refractivity contribution in [3.63, 3.8) is 0 Å². The summed E-state index contributed by atoms with van der Waals surface area (Å²) in [7, 11) is 1.82. The summed E-state index contributed by atoms with van der Waals surface area (Å²) in [6.45, 7) is 4.89. The van der Waals surface area contributed by atoms with Crippen molar-refractivity contribution in [2.24, 2.45) is 5.73 Å². The summed E-state index contributed by atoms with van der Waals surface area (Å²) in [5.74, 6) is 0.177. The van der Waals surface area contributed by atoms with Gasteiger partial charge in [-0.15, -0.1) is 0 Å². The van der Waals surface area contributed by atoms with Crippen molar-refractivity contribution in [3.8, 4) is 11.1 Å². The molecule has 6 heteroatoms. The highest BCUT2D eigenvalue weighted by Gasteiger charge is 2.27. The molecule has 0 saturated carbocycles. The third-order valence-corrected chi connectivity index (χ3v) is 7.14. The van der Waals surface area contributed by atoms with E-state index >= 15 is 0 Å². The average molecular weight is 466 g/mol. The minimum absolute atomic E-state index is 0.0620. The standard InChI is InChI=1S/C29H31N5O/c1-29(2,18-30)23-6-4-19(5-7-23)24-8-9-27(35)34(3)17-25(24)26-15-20(10-12-31-26)22-14-21-11-13-32-28(21)33-16-22/h4-7,10-17,24H,8-9,18,30H2,1-3H3,(H,32,33). The lowest BCUT2D eigenvalue weighted by Gasteiger charge is -2.25. The zero-order valence-corrected chi connectivity index (χ0v) is 20.5. The first-order valence-electron chi connectivity index (χ1n) is 12.0. The molecule has 0 fully saturated rings. The van der Waals surface area contributed by atoms with Crippen molar-refractivity contribution in [1.82, 2.24) is 19.9 Å². The van der Waals surface area contributed by atoms with Crippen LogP contribution in [0, 0.1) is 0 Å². The summed E-state index contributed by atoms with van der Waals surface area (Å²) < 4.78 is 0. The van der Waals surface area contributed by atoms with Crippen molar-refractivity contribution in [2.75, 3.05) is 13.6 Å². The zero-order chi connectivity index (χ0) is 24.6. The quantitative estimate of drug-likeness (QED) is 0.422. The number of nitrogens with two attached hydrogens (primary N) is 1. The normalized spacial score (nSPS) is 16.9. The number of carbonyl (C=O) groups excluding carboxylic acids is 1. The highest BCUT2D eigenvalue weighted by molar-refractivity contribution is 5.84. The predicted octanol–water partition coefficient (Wildman–Crippen LogP) is 5.24. The van der Waals surface area contributed by atoms with Gasteiger partial charge in [0.05, 0.1) is 5.69 Å². The number of hydrogen-bond acceptors (Lipinski definition) is 4. The Morgan fingerprint density at radius 1 is 1.09 bits per heavy atom. The van der Waals surface area contributed by atoms with E-state index in [1.54, 1.807) is 4.90 Å². The van der Waals surface area contributed by atoms with Gasteiger partial charge in [0.2, 0.25) is 5.91 Å². The second-order valence-electron chi connectivity index (χ2n) is 9.96. The van der Waals surface area contributed by atoms with Crippen LogP contribution in [0.4, 0.5) is 0 Å². The molecule has 35 heavy (non-hydrogen) atoms. The maximum Gasteiger partial charge on any atom is 0.226 e. The molecule has 1 amide bonds. The van der Waals surface area contributed by atoms with Gasteiger partial charge in [0, 0.05) is 72.7 Å². The van der Waals surface area contributed by atoms with Gasteiger partial charge in [-0.05, 0) is 47.4 Å². The Hall–Kier alpha value is -3.77. The van der Waals surface area contributed by atoms with E-state index in [2.05, 4.69) is 60.2 Å². The van der Waals surface area contributed by atoms with E-state index in [-0.39, 0.29) is 17.2 Å². The molecule has 3 aromatic heterocycles. The number of amides is 1. The van der Waals surface area contributed by atoms with E-state index in [0.29, 0.717) is 13.0 Å². The van der Waals surface area contributed by atoms with Gasteiger partial charge in [-0.3, -0.25) is 9.78 Å². The van der Waals surface area contributed by atoms with Crippen LogP contribution in [0.1, 0.15) is 49.4 Å². The Balaban J connectivity index is 1.55. The third kappa shape index (κ3) is 4.49. The molecule has 0 spiro atoms. The van der Waals surface area contributed by atoms with E-state index in [0.717, 1.165) is 39.8 Å². The number of aromatic amines is 1. The Bertz CT molecular complexity index is 1400. The number of fused-ring (bicyclic) bond motifs is 1. The molecule has 5 rings (SSSR count). The third-order valence-electron chi connectivity index (χ3n) is 7.14. The number of H-pyrrole nitrogens is 1. The van der Waals surface area contributed by atoms with E-state index in [1.165, 1.54) is 11.1 Å². The molecule has 0 radical (unpaired) electrons. The molecule has 4 aromatic rings. The van der Waals surface area contributed by atoms with Crippen LogP contribution in [-0.2, 0) is 10.2 Å². The second kappa shape index (κ2) is 9.12. The van der Waals surface area contributed by atoms with Gasteiger partial charge in [-0.1, -0.05) is 38.1 Å². The minimum atomic E-state index is -0.0820. The number of allylic oxidation sites excluding steroid dienone is 1. The molecule has 3 N–H and O–H groups in total. The van der Waals surface area contributed by atoms with Gasteiger partial charge in [-0.2, -0.15) is 0 Å². The number of nitrogens with zero attached hydrogens (tertiary/aromatic N) is 3. The van der Waals surface area contributed by atoms with E-state index < -0.39 is 0 Å². The Morgan fingerprint density at radius 2 is 1.89 bits per heavy atom. The van der Waals surface area contributed by atoms with E-state index in [1.807, 2.05) is 44.0 Å². The molecule has 1 unspecified atom stereocenters. The number of pyridine rings is 2. The van der Waals surface area contributed by atoms with Crippen LogP contribution in [-0.4, -0.2) is 39.4 Å². The minimum Gasteiger partial charge on any atom is -0.346 e. The number of benzene rings is 1. The van der Waals surface area contributed by atoms with Crippen molar-refractivity contribution in [2.45, 2.75) is 38.0 Å². The highest BCUT2D eigenvalue weighted by atomic mass is 16.2. The summed E-state index contributed by atoms with van der Waals surface area (Å²) in [5, 5.41) is 1.07. The summed E-state index contributed by atoms with van der Waals surface area (Å²) in [6, 6.07) is 16.9. The van der Waals surface area contributed by atoms with Crippen LogP contribution in [0.3, 0.4) is 0 Å². The highest BCUT2D eigenvalue weighted by Crippen LogP contribution is 2.39. The van der Waals surface area contributed by atoms with Crippen LogP contribution in [0.5, 0.6) is 0 Å². The number of carbonyl (C=O) groups is 1. The lowest BCUT2D eigenvalue weighted by atomic mass is 9.81. The smallest absolute Gasteiger partial charge is 0.226 e. The Labute approximate surface area is 205 Å². The van der Waals surface area contributed by atoms with Gasteiger partial charge in [0.15, 0.2) is 0 Å². The molecule has 178 valence electrons. The van der Waals surface area contributed by atoms with Gasteiger partial charge in [-0.25, -0.2) is 4.98 Å². The number of rotatable bonds is 5. The molecular weight excluding hydrogens is 434 g/mol. The van der Waals surface area contributed by atoms with E-state index in [4.69, 9.17) is 10.7 Å². The molecule has 0 aliphatic carbocycles. The summed E-state index contributed by atoms with van der Waals surface area (Å²) in [4.78, 5) is 26.7. The van der Waals surface area contributed by atoms with Crippen molar-refractivity contribution < 1.29 is 4.79 Å². The van der Waals surface area contributed by atoms with Gasteiger partial charge in [0.25, 0.3) is 0 Å². The maximum atomic E-state index is 12.6. The molecular formula is C29H31N5O. The first-order chi connectivity index (χ1) is 16.9. The van der Waals surface area contributed by atoms with Crippen LogP contribution in [0.2, 0.25) is 0 Å². The fourth-order valence-electron chi connectivity index (χ4n) is 4.71. The fourth-order valence-corrected chi connectivity index (χ4v) is 4.71. The summed E-state index contributed by atoms with van der Waals surface area (Å²) in [6.07, 6.45) is 8.79. The largest absolute Gasteiger partial charge is 0.346 e. The lowest BCUT2D eigenvalue weighted by molar-refractivity contribution is -0.127. The lowest BCUT2D eigenvalue weighted by Crippen LogP contribution is -2.28. The molecule has 1 atom stereocenters. The molecule has 0 saturated heterocycles. The monoisotopic (exact) mass is 465 g/mol. The molecule has 1 aliphatic rings. The first kappa shape index (κ1) is 23.0. The summed E-state index contributed by atoms with van der Waals surface area (Å²) in [5.41, 5.74) is 13.2. The van der Waals surface area contributed by atoms with Gasteiger partial charge in [0.1, 0.15) is 5.65 Å².